The fraction of sp³-hybridized carbons (Fsp3) is 0.304. The second-order valence-electron chi connectivity index (χ2n) is 7.29. The molecule has 0 spiro atoms. The largest absolute Gasteiger partial charge is 0.376 e. The Morgan fingerprint density at radius 3 is 2.83 bits per heavy atom. The molecule has 1 aromatic heterocycles. The third-order valence-corrected chi connectivity index (χ3v) is 5.14. The van der Waals surface area contributed by atoms with Gasteiger partial charge in [0.05, 0.1) is 12.6 Å². The van der Waals surface area contributed by atoms with Gasteiger partial charge in [0.2, 0.25) is 0 Å². The number of amides is 1. The van der Waals surface area contributed by atoms with Crippen LogP contribution in [0, 0.1) is 5.82 Å². The van der Waals surface area contributed by atoms with E-state index in [2.05, 4.69) is 17.1 Å². The van der Waals surface area contributed by atoms with E-state index in [-0.39, 0.29) is 12.0 Å². The number of imidazole rings is 1. The fourth-order valence-electron chi connectivity index (χ4n) is 3.64. The molecule has 150 valence electrons. The SMILES string of the molecule is O=C(c1cccc(F)c1)N(Cc1nccn1Cc1ccccc1)C[C@@H]1CCCO1. The highest BCUT2D eigenvalue weighted by atomic mass is 19.1. The number of halogens is 1. The van der Waals surface area contributed by atoms with Gasteiger partial charge in [-0.1, -0.05) is 36.4 Å². The summed E-state index contributed by atoms with van der Waals surface area (Å²) in [6.45, 7) is 2.20. The van der Waals surface area contributed by atoms with Crippen molar-refractivity contribution >= 4 is 5.91 Å². The average Bonchev–Trinajstić information content (AvgIpc) is 3.40. The molecule has 2 heterocycles. The predicted molar refractivity (Wildman–Crippen MR) is 108 cm³/mol. The van der Waals surface area contributed by atoms with Crippen LogP contribution in [-0.4, -0.2) is 39.6 Å². The Kier molecular flexibility index (Phi) is 6.00. The molecule has 0 aliphatic carbocycles. The summed E-state index contributed by atoms with van der Waals surface area (Å²) in [5.41, 5.74) is 1.50. The molecule has 0 N–H and O–H groups in total. The highest BCUT2D eigenvalue weighted by Gasteiger charge is 2.25. The molecule has 1 aliphatic rings. The summed E-state index contributed by atoms with van der Waals surface area (Å²) in [5, 5.41) is 0. The summed E-state index contributed by atoms with van der Waals surface area (Å²) in [6, 6.07) is 15.9. The van der Waals surface area contributed by atoms with E-state index in [1.807, 2.05) is 29.0 Å². The molecule has 29 heavy (non-hydrogen) atoms. The molecule has 2 aromatic carbocycles. The Morgan fingerprint density at radius 1 is 1.21 bits per heavy atom. The molecule has 1 fully saturated rings. The second kappa shape index (κ2) is 9.01. The minimum absolute atomic E-state index is 0.00467. The normalized spacial score (nSPS) is 16.1. The summed E-state index contributed by atoms with van der Waals surface area (Å²) in [4.78, 5) is 19.3. The lowest BCUT2D eigenvalue weighted by Gasteiger charge is -2.25. The molecule has 4 rings (SSSR count). The first-order valence-electron chi connectivity index (χ1n) is 9.89. The molecule has 5 nitrogen and oxygen atoms in total. The summed E-state index contributed by atoms with van der Waals surface area (Å²) in [5.74, 6) is 0.157. The molecular weight excluding hydrogens is 369 g/mol. The highest BCUT2D eigenvalue weighted by molar-refractivity contribution is 5.94. The molecule has 0 radical (unpaired) electrons. The zero-order chi connectivity index (χ0) is 20.1. The van der Waals surface area contributed by atoms with Crippen LogP contribution in [0.2, 0.25) is 0 Å². The van der Waals surface area contributed by atoms with Crippen LogP contribution >= 0.6 is 0 Å². The quantitative estimate of drug-likeness (QED) is 0.612. The van der Waals surface area contributed by atoms with Gasteiger partial charge in [0, 0.05) is 37.7 Å². The van der Waals surface area contributed by atoms with E-state index in [9.17, 15) is 9.18 Å². The Balaban J connectivity index is 1.55. The summed E-state index contributed by atoms with van der Waals surface area (Å²) in [7, 11) is 0. The third kappa shape index (κ3) is 4.90. The molecule has 6 heteroatoms. The van der Waals surface area contributed by atoms with Gasteiger partial charge in [-0.2, -0.15) is 0 Å². The fourth-order valence-corrected chi connectivity index (χ4v) is 3.64. The van der Waals surface area contributed by atoms with E-state index in [0.29, 0.717) is 25.2 Å². The van der Waals surface area contributed by atoms with Gasteiger partial charge >= 0.3 is 0 Å². The lowest BCUT2D eigenvalue weighted by molar-refractivity contribution is 0.0498. The highest BCUT2D eigenvalue weighted by Crippen LogP contribution is 2.18. The van der Waals surface area contributed by atoms with Crippen LogP contribution in [0.15, 0.2) is 67.0 Å². The van der Waals surface area contributed by atoms with Crippen molar-refractivity contribution in [3.05, 3.63) is 89.8 Å². The molecule has 0 unspecified atom stereocenters. The smallest absolute Gasteiger partial charge is 0.254 e. The van der Waals surface area contributed by atoms with E-state index in [1.165, 1.54) is 12.1 Å². The Bertz CT molecular complexity index is 952. The number of nitrogens with zero attached hydrogens (tertiary/aromatic N) is 3. The van der Waals surface area contributed by atoms with Gasteiger partial charge < -0.3 is 14.2 Å². The molecule has 0 bridgehead atoms. The van der Waals surface area contributed by atoms with Crippen molar-refractivity contribution in [1.82, 2.24) is 14.5 Å². The van der Waals surface area contributed by atoms with Gasteiger partial charge in [0.1, 0.15) is 11.6 Å². The standard InChI is InChI=1S/C23H24FN3O2/c24-20-9-4-8-19(14-20)23(28)27(16-21-10-5-13-29-21)17-22-25-11-12-26(22)15-18-6-2-1-3-7-18/h1-4,6-9,11-12,14,21H,5,10,13,15-17H2/t21-/m0/s1. The number of carbonyl (C=O) groups excluding carboxylic acids is 1. The van der Waals surface area contributed by atoms with Gasteiger partial charge in [-0.05, 0) is 36.6 Å². The molecule has 1 saturated heterocycles. The summed E-state index contributed by atoms with van der Waals surface area (Å²) < 4.78 is 21.4. The van der Waals surface area contributed by atoms with Gasteiger partial charge in [0.15, 0.2) is 0 Å². The van der Waals surface area contributed by atoms with Gasteiger partial charge in [0.25, 0.3) is 5.91 Å². The van der Waals surface area contributed by atoms with Gasteiger partial charge in [-0.25, -0.2) is 9.37 Å². The molecule has 1 atom stereocenters. The monoisotopic (exact) mass is 393 g/mol. The zero-order valence-electron chi connectivity index (χ0n) is 16.2. The van der Waals surface area contributed by atoms with Crippen molar-refractivity contribution in [2.75, 3.05) is 13.2 Å². The first-order valence-corrected chi connectivity index (χ1v) is 9.89. The van der Waals surface area contributed by atoms with E-state index < -0.39 is 5.82 Å². The van der Waals surface area contributed by atoms with Crippen molar-refractivity contribution in [3.63, 3.8) is 0 Å². The van der Waals surface area contributed by atoms with Crippen LogP contribution in [0.1, 0.15) is 34.6 Å². The van der Waals surface area contributed by atoms with Crippen LogP contribution in [-0.2, 0) is 17.8 Å². The molecular formula is C23H24FN3O2. The third-order valence-electron chi connectivity index (χ3n) is 5.14. The van der Waals surface area contributed by atoms with Crippen LogP contribution < -0.4 is 0 Å². The lowest BCUT2D eigenvalue weighted by atomic mass is 10.1. The number of carbonyl (C=O) groups is 1. The minimum Gasteiger partial charge on any atom is -0.376 e. The van der Waals surface area contributed by atoms with E-state index in [4.69, 9.17) is 4.74 Å². The first-order chi connectivity index (χ1) is 14.2. The van der Waals surface area contributed by atoms with Crippen LogP contribution in [0.5, 0.6) is 0 Å². The molecule has 1 amide bonds. The number of ether oxygens (including phenoxy) is 1. The Hall–Kier alpha value is -2.99. The average molecular weight is 393 g/mol. The number of benzene rings is 2. The van der Waals surface area contributed by atoms with Crippen molar-refractivity contribution in [2.24, 2.45) is 0 Å². The minimum atomic E-state index is -0.418. The molecule has 3 aromatic rings. The maximum atomic E-state index is 13.7. The maximum absolute atomic E-state index is 13.7. The second-order valence-corrected chi connectivity index (χ2v) is 7.29. The van der Waals surface area contributed by atoms with Crippen LogP contribution in [0.3, 0.4) is 0 Å². The van der Waals surface area contributed by atoms with Crippen molar-refractivity contribution in [3.8, 4) is 0 Å². The van der Waals surface area contributed by atoms with Gasteiger partial charge in [-0.15, -0.1) is 0 Å². The van der Waals surface area contributed by atoms with E-state index >= 15 is 0 Å². The van der Waals surface area contributed by atoms with Gasteiger partial charge in [-0.3, -0.25) is 4.79 Å². The topological polar surface area (TPSA) is 47.4 Å². The number of aromatic nitrogens is 2. The lowest BCUT2D eigenvalue weighted by Crippen LogP contribution is -2.37. The zero-order valence-corrected chi connectivity index (χ0v) is 16.2. The van der Waals surface area contributed by atoms with Crippen LogP contribution in [0.4, 0.5) is 4.39 Å². The predicted octanol–water partition coefficient (Wildman–Crippen LogP) is 3.89. The number of rotatable bonds is 7. The number of hydrogen-bond donors (Lipinski definition) is 0. The first kappa shape index (κ1) is 19.3. The van der Waals surface area contributed by atoms with E-state index in [1.54, 1.807) is 23.2 Å². The van der Waals surface area contributed by atoms with Crippen LogP contribution in [0.25, 0.3) is 0 Å². The molecule has 0 saturated carbocycles. The maximum Gasteiger partial charge on any atom is 0.254 e. The summed E-state index contributed by atoms with van der Waals surface area (Å²) in [6.07, 6.45) is 5.58. The Morgan fingerprint density at radius 2 is 2.07 bits per heavy atom. The molecule has 1 aliphatic heterocycles. The van der Waals surface area contributed by atoms with E-state index in [0.717, 1.165) is 30.8 Å². The van der Waals surface area contributed by atoms with Crippen molar-refractivity contribution in [1.29, 1.82) is 0 Å². The van der Waals surface area contributed by atoms with Crippen molar-refractivity contribution < 1.29 is 13.9 Å². The number of hydrogen-bond acceptors (Lipinski definition) is 3. The van der Waals surface area contributed by atoms with Crippen molar-refractivity contribution in [2.45, 2.75) is 32.0 Å². The Labute approximate surface area is 169 Å². The summed E-state index contributed by atoms with van der Waals surface area (Å²) >= 11 is 0.